The van der Waals surface area contributed by atoms with E-state index in [9.17, 15) is 0 Å². The van der Waals surface area contributed by atoms with Gasteiger partial charge in [-0.1, -0.05) is 28.8 Å². The van der Waals surface area contributed by atoms with Crippen LogP contribution in [0.3, 0.4) is 0 Å². The van der Waals surface area contributed by atoms with E-state index in [-0.39, 0.29) is 58.2 Å². The Bertz CT molecular complexity index is 358. The maximum Gasteiger partial charge on any atom is 1.00 e. The predicted molar refractivity (Wildman–Crippen MR) is 47.6 cm³/mol. The summed E-state index contributed by atoms with van der Waals surface area (Å²) in [5.41, 5.74) is 0.933. The molecule has 0 aromatic carbocycles. The molecule has 0 saturated carbocycles. The van der Waals surface area contributed by atoms with Crippen LogP contribution in [0.15, 0.2) is 18.5 Å². The number of hydrogen-bond acceptors (Lipinski definition) is 1. The van der Waals surface area contributed by atoms with E-state index in [1.54, 1.807) is 6.20 Å². The molecule has 0 radical (unpaired) electrons. The first-order chi connectivity index (χ1) is 4.88. The van der Waals surface area contributed by atoms with E-state index < -0.39 is 0 Å². The summed E-state index contributed by atoms with van der Waals surface area (Å²) >= 11 is 2.26. The van der Waals surface area contributed by atoms with Crippen molar-refractivity contribution in [2.75, 3.05) is 0 Å². The summed E-state index contributed by atoms with van der Waals surface area (Å²) in [6, 6.07) is 4.86. The average molecular weight is 328 g/mol. The fourth-order valence-electron chi connectivity index (χ4n) is 0.867. The smallest absolute Gasteiger partial charge is 0.362 e. The second kappa shape index (κ2) is 4.46. The molecular weight excluding hydrogens is 324 g/mol. The second-order valence-corrected chi connectivity index (χ2v) is 3.13. The fourth-order valence-corrected chi connectivity index (χ4v) is 1.43. The van der Waals surface area contributed by atoms with E-state index >= 15 is 0 Å². The van der Waals surface area contributed by atoms with Gasteiger partial charge in [0.1, 0.15) is 0 Å². The minimum Gasteiger partial charge on any atom is -0.362 e. The van der Waals surface area contributed by atoms with Gasteiger partial charge in [-0.15, -0.1) is 5.39 Å². The van der Waals surface area contributed by atoms with Crippen LogP contribution in [0.5, 0.6) is 0 Å². The summed E-state index contributed by atoms with van der Waals surface area (Å²) in [6.45, 7) is 0. The first-order valence-corrected chi connectivity index (χ1v) is 3.94. The Morgan fingerprint density at radius 3 is 3.09 bits per heavy atom. The van der Waals surface area contributed by atoms with Gasteiger partial charge in [0.05, 0.1) is 5.65 Å². The Morgan fingerprint density at radius 1 is 1.55 bits per heavy atom. The average Bonchev–Trinajstić information content (AvgIpc) is 2.34. The minimum atomic E-state index is 0. The summed E-state index contributed by atoms with van der Waals surface area (Å²) in [6.07, 6.45) is 3.60. The summed E-state index contributed by atoms with van der Waals surface area (Å²) in [5, 5.41) is 1.14. The van der Waals surface area contributed by atoms with Crippen LogP contribution >= 0.6 is 22.6 Å². The quantitative estimate of drug-likeness (QED) is 0.486. The Labute approximate surface area is 127 Å². The molecule has 0 fully saturated rings. The summed E-state index contributed by atoms with van der Waals surface area (Å²) in [5.74, 6) is 0. The van der Waals surface area contributed by atoms with Crippen molar-refractivity contribution in [3.05, 3.63) is 28.1 Å². The Hall–Kier alpha value is 1.23. The summed E-state index contributed by atoms with van der Waals surface area (Å²) in [7, 11) is 0. The number of fused-ring (bicyclic) bond motifs is 1. The van der Waals surface area contributed by atoms with Gasteiger partial charge in [-0.2, -0.15) is 0 Å². The van der Waals surface area contributed by atoms with Crippen LogP contribution in [0.1, 0.15) is 0 Å². The normalized spacial score (nSPS) is 9.55. The molecule has 11 heavy (non-hydrogen) atoms. The molecule has 4 heteroatoms. The van der Waals surface area contributed by atoms with Crippen molar-refractivity contribution in [3.63, 3.8) is 0 Å². The Balaban J connectivity index is 0.000000605. The van der Waals surface area contributed by atoms with Gasteiger partial charge in [-0.25, -0.2) is 12.1 Å². The molecule has 50 valence electrons. The van der Waals surface area contributed by atoms with Crippen LogP contribution in [0.4, 0.5) is 0 Å². The predicted octanol–water partition coefficient (Wildman–Crippen LogP) is -1.03. The summed E-state index contributed by atoms with van der Waals surface area (Å²) in [4.78, 5) is 7.14. The molecule has 0 aliphatic rings. The third kappa shape index (κ3) is 2.12. The van der Waals surface area contributed by atoms with Crippen molar-refractivity contribution in [1.82, 2.24) is 9.97 Å². The van der Waals surface area contributed by atoms with Gasteiger partial charge in [0.2, 0.25) is 0 Å². The molecule has 0 amide bonds. The largest absolute Gasteiger partial charge is 1.00 e. The molecule has 0 atom stereocenters. The van der Waals surface area contributed by atoms with Crippen LogP contribution in [-0.4, -0.2) is 9.97 Å². The molecule has 0 bridgehead atoms. The zero-order valence-electron chi connectivity index (χ0n) is 6.06. The number of pyridine rings is 1. The second-order valence-electron chi connectivity index (χ2n) is 1.97. The zero-order chi connectivity index (χ0) is 6.97. The first kappa shape index (κ1) is 10.3. The van der Waals surface area contributed by atoms with Gasteiger partial charge in [0.15, 0.2) is 0 Å². The minimum absolute atomic E-state index is 0. The SMILES string of the molecule is Ic1c[nH]c2nc[c-]cc12.[Rb+]. The van der Waals surface area contributed by atoms with Gasteiger partial charge in [-0.05, 0) is 9.77 Å². The number of halogens is 1. The molecule has 0 saturated heterocycles. The number of aromatic amines is 1. The van der Waals surface area contributed by atoms with Gasteiger partial charge in [0, 0.05) is 0 Å². The van der Waals surface area contributed by atoms with Crippen LogP contribution in [-0.2, 0) is 0 Å². The van der Waals surface area contributed by atoms with Gasteiger partial charge in [-0.3, -0.25) is 4.98 Å². The van der Waals surface area contributed by atoms with E-state index in [0.29, 0.717) is 0 Å². The first-order valence-electron chi connectivity index (χ1n) is 2.86. The van der Waals surface area contributed by atoms with Crippen molar-refractivity contribution < 1.29 is 58.2 Å². The van der Waals surface area contributed by atoms with Crippen LogP contribution < -0.4 is 58.2 Å². The Morgan fingerprint density at radius 2 is 2.36 bits per heavy atom. The third-order valence-electron chi connectivity index (χ3n) is 1.34. The molecule has 0 spiro atoms. The van der Waals surface area contributed by atoms with Crippen LogP contribution in [0.25, 0.3) is 11.0 Å². The number of nitrogens with one attached hydrogen (secondary N) is 1. The Kier molecular flexibility index (Phi) is 4.18. The molecule has 2 nitrogen and oxygen atoms in total. The van der Waals surface area contributed by atoms with Crippen molar-refractivity contribution in [3.8, 4) is 0 Å². The fraction of sp³-hybridized carbons (Fsp3) is 0. The standard InChI is InChI=1S/C7H4IN2.Rb/c8-6-4-10-7-5(6)2-1-3-9-7;/h2-4H,(H,9,10);/q-1;+1. The monoisotopic (exact) mass is 328 g/mol. The number of H-pyrrole nitrogens is 1. The topological polar surface area (TPSA) is 28.7 Å². The van der Waals surface area contributed by atoms with Crippen molar-refractivity contribution in [2.24, 2.45) is 0 Å². The molecule has 2 aromatic rings. The number of nitrogens with zero attached hydrogens (tertiary/aromatic N) is 1. The summed E-state index contributed by atoms with van der Waals surface area (Å²) < 4.78 is 1.19. The van der Waals surface area contributed by atoms with Crippen molar-refractivity contribution >= 4 is 33.6 Å². The van der Waals surface area contributed by atoms with Crippen LogP contribution in [0.2, 0.25) is 0 Å². The van der Waals surface area contributed by atoms with Crippen molar-refractivity contribution in [1.29, 1.82) is 0 Å². The van der Waals surface area contributed by atoms with Gasteiger partial charge in [0.25, 0.3) is 0 Å². The zero-order valence-corrected chi connectivity index (χ0v) is 13.1. The number of hydrogen-bond donors (Lipinski definition) is 1. The number of rotatable bonds is 0. The molecule has 0 unspecified atom stereocenters. The third-order valence-corrected chi connectivity index (χ3v) is 2.24. The molecule has 0 aliphatic heterocycles. The van der Waals surface area contributed by atoms with Crippen molar-refractivity contribution in [2.45, 2.75) is 0 Å². The van der Waals surface area contributed by atoms with E-state index in [1.165, 1.54) is 3.57 Å². The van der Waals surface area contributed by atoms with E-state index in [2.05, 4.69) is 38.6 Å². The molecular formula is C7H4IN2Rb. The molecule has 2 rings (SSSR count). The molecule has 1 N–H and O–H groups in total. The van der Waals surface area contributed by atoms with E-state index in [0.717, 1.165) is 11.0 Å². The molecule has 0 aliphatic carbocycles. The van der Waals surface area contributed by atoms with Gasteiger partial charge < -0.3 is 4.98 Å². The number of aromatic nitrogens is 2. The van der Waals surface area contributed by atoms with Gasteiger partial charge >= 0.3 is 58.2 Å². The van der Waals surface area contributed by atoms with E-state index in [4.69, 9.17) is 0 Å². The molecule has 2 aromatic heterocycles. The van der Waals surface area contributed by atoms with E-state index in [1.807, 2.05) is 12.3 Å². The molecule has 2 heterocycles. The maximum absolute atomic E-state index is 4.09. The van der Waals surface area contributed by atoms with Crippen LogP contribution in [0, 0.1) is 9.64 Å². The maximum atomic E-state index is 4.09.